The largest absolute Gasteiger partial charge is 0.489 e. The van der Waals surface area contributed by atoms with Crippen molar-refractivity contribution in [1.29, 1.82) is 0 Å². The molecule has 0 aliphatic heterocycles. The molecule has 1 rings (SSSR count). The maximum atomic E-state index is 5.66. The average Bonchev–Trinajstić information content (AvgIpc) is 2.37. The quantitative estimate of drug-likeness (QED) is 0.621. The Labute approximate surface area is 105 Å². The minimum absolute atomic E-state index is 0.592. The smallest absolute Gasteiger partial charge is 0.119 e. The summed E-state index contributed by atoms with van der Waals surface area (Å²) in [6.07, 6.45) is 6.51. The molecule has 0 aromatic heterocycles. The highest BCUT2D eigenvalue weighted by Gasteiger charge is 1.96. The number of hydrogen-bond acceptors (Lipinski definition) is 1. The first-order chi connectivity index (χ1) is 8.22. The second-order valence-electron chi connectivity index (χ2n) is 4.44. The van der Waals surface area contributed by atoms with E-state index in [0.717, 1.165) is 18.6 Å². The van der Waals surface area contributed by atoms with Crippen LogP contribution >= 0.6 is 0 Å². The van der Waals surface area contributed by atoms with Gasteiger partial charge in [0.25, 0.3) is 0 Å². The van der Waals surface area contributed by atoms with Gasteiger partial charge in [-0.1, -0.05) is 37.3 Å². The summed E-state index contributed by atoms with van der Waals surface area (Å²) in [4.78, 5) is 0. The molecular formula is C16H22O. The normalized spacial score (nSPS) is 13.2. The van der Waals surface area contributed by atoms with Gasteiger partial charge in [0, 0.05) is 0 Å². The molecule has 1 heteroatoms. The van der Waals surface area contributed by atoms with Crippen molar-refractivity contribution >= 4 is 0 Å². The second-order valence-corrected chi connectivity index (χ2v) is 4.44. The van der Waals surface area contributed by atoms with Crippen LogP contribution in [0.25, 0.3) is 0 Å². The van der Waals surface area contributed by atoms with Crippen molar-refractivity contribution in [1.82, 2.24) is 0 Å². The van der Waals surface area contributed by atoms with Gasteiger partial charge in [-0.25, -0.2) is 0 Å². The Kier molecular flexibility index (Phi) is 6.16. The number of para-hydroxylation sites is 1. The number of benzene rings is 1. The van der Waals surface area contributed by atoms with E-state index in [0.29, 0.717) is 12.5 Å². The van der Waals surface area contributed by atoms with Crippen molar-refractivity contribution in [2.45, 2.75) is 26.7 Å². The fourth-order valence-electron chi connectivity index (χ4n) is 1.48. The Bertz CT molecular complexity index is 351. The van der Waals surface area contributed by atoms with Crippen molar-refractivity contribution in [2.24, 2.45) is 5.92 Å². The van der Waals surface area contributed by atoms with Crippen LogP contribution in [0.2, 0.25) is 0 Å². The van der Waals surface area contributed by atoms with Gasteiger partial charge in [-0.2, -0.15) is 0 Å². The highest BCUT2D eigenvalue weighted by molar-refractivity contribution is 5.21. The monoisotopic (exact) mass is 230 g/mol. The third-order valence-corrected chi connectivity index (χ3v) is 2.73. The Balaban J connectivity index is 2.27. The van der Waals surface area contributed by atoms with Crippen LogP contribution in [-0.4, -0.2) is 6.61 Å². The molecule has 0 radical (unpaired) electrons. The van der Waals surface area contributed by atoms with Crippen LogP contribution in [-0.2, 0) is 0 Å². The first kappa shape index (κ1) is 13.6. The second kappa shape index (κ2) is 7.72. The summed E-state index contributed by atoms with van der Waals surface area (Å²) in [7, 11) is 0. The Morgan fingerprint density at radius 2 is 2.06 bits per heavy atom. The van der Waals surface area contributed by atoms with Crippen molar-refractivity contribution in [3.05, 3.63) is 54.6 Å². The standard InChI is InChI=1S/C16H22O/c1-4-14(2)9-8-10-15(3)13-17-16-11-6-5-7-12-16/h4-7,10-12,14H,1,8-9,13H2,2-3H3. The highest BCUT2D eigenvalue weighted by Crippen LogP contribution is 2.11. The lowest BCUT2D eigenvalue weighted by atomic mass is 10.1. The lowest BCUT2D eigenvalue weighted by Crippen LogP contribution is -1.98. The van der Waals surface area contributed by atoms with Crippen molar-refractivity contribution < 1.29 is 4.74 Å². The zero-order valence-corrected chi connectivity index (χ0v) is 10.9. The molecule has 0 saturated carbocycles. The van der Waals surface area contributed by atoms with Gasteiger partial charge >= 0.3 is 0 Å². The summed E-state index contributed by atoms with van der Waals surface area (Å²) >= 11 is 0. The average molecular weight is 230 g/mol. The van der Waals surface area contributed by atoms with Gasteiger partial charge in [0.2, 0.25) is 0 Å². The first-order valence-corrected chi connectivity index (χ1v) is 6.18. The molecule has 0 heterocycles. The molecular weight excluding hydrogens is 208 g/mol. The molecule has 0 N–H and O–H groups in total. The van der Waals surface area contributed by atoms with E-state index in [2.05, 4.69) is 26.5 Å². The molecule has 0 aliphatic rings. The van der Waals surface area contributed by atoms with Crippen LogP contribution in [0.15, 0.2) is 54.6 Å². The van der Waals surface area contributed by atoms with E-state index in [1.165, 1.54) is 5.57 Å². The van der Waals surface area contributed by atoms with E-state index in [1.54, 1.807) is 0 Å². The fourth-order valence-corrected chi connectivity index (χ4v) is 1.48. The van der Waals surface area contributed by atoms with E-state index in [9.17, 15) is 0 Å². The number of hydrogen-bond donors (Lipinski definition) is 0. The number of allylic oxidation sites excluding steroid dienone is 2. The molecule has 17 heavy (non-hydrogen) atoms. The first-order valence-electron chi connectivity index (χ1n) is 6.18. The minimum Gasteiger partial charge on any atom is -0.489 e. The van der Waals surface area contributed by atoms with Crippen LogP contribution in [0.5, 0.6) is 5.75 Å². The van der Waals surface area contributed by atoms with Gasteiger partial charge < -0.3 is 4.74 Å². The van der Waals surface area contributed by atoms with E-state index in [1.807, 2.05) is 36.4 Å². The molecule has 0 fully saturated rings. The molecule has 1 unspecified atom stereocenters. The molecule has 0 saturated heterocycles. The maximum absolute atomic E-state index is 5.66. The molecule has 0 spiro atoms. The predicted molar refractivity (Wildman–Crippen MR) is 74.3 cm³/mol. The van der Waals surface area contributed by atoms with Crippen LogP contribution in [0.4, 0.5) is 0 Å². The number of rotatable bonds is 7. The summed E-state index contributed by atoms with van der Waals surface area (Å²) in [5.74, 6) is 1.52. The third-order valence-electron chi connectivity index (χ3n) is 2.73. The SMILES string of the molecule is C=CC(C)CCC=C(C)COc1ccccc1. The van der Waals surface area contributed by atoms with Crippen molar-refractivity contribution in [3.63, 3.8) is 0 Å². The van der Waals surface area contributed by atoms with E-state index in [4.69, 9.17) is 4.74 Å². The topological polar surface area (TPSA) is 9.23 Å². The lowest BCUT2D eigenvalue weighted by Gasteiger charge is -2.07. The molecule has 1 nitrogen and oxygen atoms in total. The van der Waals surface area contributed by atoms with Gasteiger partial charge in [0.15, 0.2) is 0 Å². The zero-order chi connectivity index (χ0) is 12.5. The van der Waals surface area contributed by atoms with Gasteiger partial charge in [0.1, 0.15) is 12.4 Å². The molecule has 0 bridgehead atoms. The van der Waals surface area contributed by atoms with Gasteiger partial charge in [-0.15, -0.1) is 6.58 Å². The van der Waals surface area contributed by atoms with E-state index in [-0.39, 0.29) is 0 Å². The predicted octanol–water partition coefficient (Wildman–Crippen LogP) is 4.61. The third kappa shape index (κ3) is 5.96. The van der Waals surface area contributed by atoms with Crippen molar-refractivity contribution in [2.75, 3.05) is 6.61 Å². The molecule has 0 amide bonds. The Morgan fingerprint density at radius 3 is 2.71 bits per heavy atom. The summed E-state index contributed by atoms with van der Waals surface area (Å²) in [5.41, 5.74) is 1.28. The van der Waals surface area contributed by atoms with Gasteiger partial charge in [0.05, 0.1) is 0 Å². The molecule has 1 aromatic rings. The zero-order valence-electron chi connectivity index (χ0n) is 10.9. The van der Waals surface area contributed by atoms with E-state index < -0.39 is 0 Å². The lowest BCUT2D eigenvalue weighted by molar-refractivity contribution is 0.351. The summed E-state index contributed by atoms with van der Waals surface area (Å²) < 4.78 is 5.66. The molecule has 1 atom stereocenters. The molecule has 0 aliphatic carbocycles. The number of ether oxygens (including phenoxy) is 1. The summed E-state index contributed by atoms with van der Waals surface area (Å²) in [6, 6.07) is 9.92. The van der Waals surface area contributed by atoms with Crippen LogP contribution in [0.3, 0.4) is 0 Å². The summed E-state index contributed by atoms with van der Waals surface area (Å²) in [6.45, 7) is 8.77. The van der Waals surface area contributed by atoms with Gasteiger partial charge in [-0.05, 0) is 43.4 Å². The Hall–Kier alpha value is -1.50. The fraction of sp³-hybridized carbons (Fsp3) is 0.375. The highest BCUT2D eigenvalue weighted by atomic mass is 16.5. The summed E-state index contributed by atoms with van der Waals surface area (Å²) in [5, 5.41) is 0. The molecule has 1 aromatic carbocycles. The van der Waals surface area contributed by atoms with Crippen LogP contribution < -0.4 is 4.74 Å². The minimum atomic E-state index is 0.592. The molecule has 92 valence electrons. The van der Waals surface area contributed by atoms with Crippen LogP contribution in [0.1, 0.15) is 26.7 Å². The Morgan fingerprint density at radius 1 is 1.35 bits per heavy atom. The van der Waals surface area contributed by atoms with Crippen molar-refractivity contribution in [3.8, 4) is 5.75 Å². The van der Waals surface area contributed by atoms with Crippen LogP contribution in [0, 0.1) is 5.92 Å². The maximum Gasteiger partial charge on any atom is 0.119 e. The van der Waals surface area contributed by atoms with Gasteiger partial charge in [-0.3, -0.25) is 0 Å². The van der Waals surface area contributed by atoms with E-state index >= 15 is 0 Å².